The molecule has 2 fully saturated rings. The van der Waals surface area contributed by atoms with Gasteiger partial charge in [0.1, 0.15) is 18.9 Å². The molecular weight excluding hydrogens is 346 g/mol. The molecule has 0 saturated carbocycles. The Hall–Kier alpha value is -2.28. The average Bonchev–Trinajstić information content (AvgIpc) is 2.90. The van der Waals surface area contributed by atoms with Crippen LogP contribution in [0.25, 0.3) is 0 Å². The topological polar surface area (TPSA) is 62.3 Å². The number of methoxy groups -OCH3 is 1. The van der Waals surface area contributed by atoms with Gasteiger partial charge in [-0.25, -0.2) is 4.79 Å². The highest BCUT2D eigenvalue weighted by Gasteiger charge is 2.27. The molecule has 1 aromatic carbocycles. The van der Waals surface area contributed by atoms with Crippen LogP contribution in [-0.4, -0.2) is 79.7 Å². The number of carbonyl (C=O) groups excluding carboxylic acids is 2. The molecule has 0 atom stereocenters. The lowest BCUT2D eigenvalue weighted by atomic mass is 10.0. The van der Waals surface area contributed by atoms with Gasteiger partial charge in [0.15, 0.2) is 0 Å². The van der Waals surface area contributed by atoms with E-state index in [1.165, 1.54) is 16.0 Å². The summed E-state index contributed by atoms with van der Waals surface area (Å²) >= 11 is 0. The summed E-state index contributed by atoms with van der Waals surface area (Å²) in [5.74, 6) is 0.927. The summed E-state index contributed by atoms with van der Waals surface area (Å²) < 4.78 is 10.3. The Morgan fingerprint density at radius 2 is 1.93 bits per heavy atom. The predicted octanol–water partition coefficient (Wildman–Crippen LogP) is 1.80. The minimum atomic E-state index is -0.384. The number of cyclic esters (lactones) is 1. The van der Waals surface area contributed by atoms with Gasteiger partial charge in [0.2, 0.25) is 5.91 Å². The maximum Gasteiger partial charge on any atom is 0.410 e. The van der Waals surface area contributed by atoms with E-state index in [1.807, 2.05) is 4.90 Å². The van der Waals surface area contributed by atoms with Crippen molar-refractivity contribution < 1.29 is 19.1 Å². The number of rotatable bonds is 5. The van der Waals surface area contributed by atoms with Crippen LogP contribution in [0.1, 0.15) is 23.1 Å². The quantitative estimate of drug-likeness (QED) is 0.785. The molecule has 1 aromatic rings. The second-order valence-electron chi connectivity index (χ2n) is 7.29. The normalized spacial score (nSPS) is 18.4. The first-order valence-electron chi connectivity index (χ1n) is 9.54. The van der Waals surface area contributed by atoms with Crippen LogP contribution >= 0.6 is 0 Å². The van der Waals surface area contributed by atoms with E-state index >= 15 is 0 Å². The zero-order chi connectivity index (χ0) is 19.4. The summed E-state index contributed by atoms with van der Waals surface area (Å²) in [6.07, 6.45) is 0.551. The summed E-state index contributed by atoms with van der Waals surface area (Å²) in [6.45, 7) is 9.26. The minimum absolute atomic E-state index is 0.00664. The van der Waals surface area contributed by atoms with Crippen LogP contribution in [0.2, 0.25) is 0 Å². The molecule has 27 heavy (non-hydrogen) atoms. The highest BCUT2D eigenvalue weighted by Crippen LogP contribution is 2.24. The largest absolute Gasteiger partial charge is 0.496 e. The van der Waals surface area contributed by atoms with Crippen molar-refractivity contribution in [3.8, 4) is 5.75 Å². The van der Waals surface area contributed by atoms with Gasteiger partial charge in [0, 0.05) is 32.7 Å². The van der Waals surface area contributed by atoms with Crippen molar-refractivity contribution in [1.82, 2.24) is 14.7 Å². The number of carbonyl (C=O) groups is 2. The second kappa shape index (κ2) is 8.61. The maximum absolute atomic E-state index is 12.5. The number of hydrogen-bond donors (Lipinski definition) is 0. The second-order valence-corrected chi connectivity index (χ2v) is 7.29. The molecule has 0 aromatic heterocycles. The van der Waals surface area contributed by atoms with E-state index in [1.54, 1.807) is 7.11 Å². The first kappa shape index (κ1) is 19.5. The Balaban J connectivity index is 1.56. The van der Waals surface area contributed by atoms with Crippen molar-refractivity contribution in [3.63, 3.8) is 0 Å². The van der Waals surface area contributed by atoms with Crippen molar-refractivity contribution in [2.24, 2.45) is 0 Å². The van der Waals surface area contributed by atoms with Gasteiger partial charge in [-0.3, -0.25) is 14.6 Å². The van der Waals surface area contributed by atoms with Crippen molar-refractivity contribution in [1.29, 1.82) is 0 Å². The van der Waals surface area contributed by atoms with Crippen LogP contribution in [-0.2, 0) is 16.1 Å². The molecule has 2 aliphatic rings. The molecule has 0 aliphatic carbocycles. The van der Waals surface area contributed by atoms with E-state index in [-0.39, 0.29) is 18.5 Å². The predicted molar refractivity (Wildman–Crippen MR) is 102 cm³/mol. The van der Waals surface area contributed by atoms with Gasteiger partial charge in [-0.2, -0.15) is 0 Å². The third-order valence-corrected chi connectivity index (χ3v) is 5.36. The molecule has 2 heterocycles. The van der Waals surface area contributed by atoms with E-state index in [0.717, 1.165) is 43.9 Å². The van der Waals surface area contributed by atoms with Gasteiger partial charge in [0.05, 0.1) is 13.7 Å². The molecule has 7 heteroatoms. The van der Waals surface area contributed by atoms with Crippen LogP contribution in [0.4, 0.5) is 4.79 Å². The molecule has 0 N–H and O–H groups in total. The average molecular weight is 375 g/mol. The van der Waals surface area contributed by atoms with Crippen LogP contribution in [0, 0.1) is 13.8 Å². The van der Waals surface area contributed by atoms with E-state index in [2.05, 4.69) is 30.9 Å². The number of benzene rings is 1. The molecule has 0 bridgehead atoms. The fourth-order valence-corrected chi connectivity index (χ4v) is 3.69. The van der Waals surface area contributed by atoms with E-state index < -0.39 is 0 Å². The molecule has 7 nitrogen and oxygen atoms in total. The summed E-state index contributed by atoms with van der Waals surface area (Å²) in [6, 6.07) is 4.29. The standard InChI is InChI=1S/C20H29N3O4/c1-15-12-18(26-3)16(2)11-17(15)13-21-5-4-6-22(8-7-21)19(24)14-23-9-10-27-20(23)25/h11-12H,4-10,13-14H2,1-3H3. The summed E-state index contributed by atoms with van der Waals surface area (Å²) in [7, 11) is 1.70. The maximum atomic E-state index is 12.5. The molecule has 0 spiro atoms. The first-order chi connectivity index (χ1) is 13.0. The van der Waals surface area contributed by atoms with Crippen LogP contribution in [0.15, 0.2) is 12.1 Å². The lowest BCUT2D eigenvalue weighted by Crippen LogP contribution is -2.42. The van der Waals surface area contributed by atoms with Gasteiger partial charge < -0.3 is 14.4 Å². The van der Waals surface area contributed by atoms with Crippen molar-refractivity contribution in [2.75, 3.05) is 53.0 Å². The molecule has 2 aliphatic heterocycles. The zero-order valence-corrected chi connectivity index (χ0v) is 16.5. The molecule has 0 unspecified atom stereocenters. The van der Waals surface area contributed by atoms with Crippen LogP contribution in [0.3, 0.4) is 0 Å². The number of ether oxygens (including phenoxy) is 2. The van der Waals surface area contributed by atoms with Crippen molar-refractivity contribution in [3.05, 3.63) is 28.8 Å². The third-order valence-electron chi connectivity index (χ3n) is 5.36. The molecule has 2 amide bonds. The minimum Gasteiger partial charge on any atom is -0.496 e. The Bertz CT molecular complexity index is 707. The highest BCUT2D eigenvalue weighted by atomic mass is 16.6. The van der Waals surface area contributed by atoms with Crippen molar-refractivity contribution >= 4 is 12.0 Å². The zero-order valence-electron chi connectivity index (χ0n) is 16.5. The fourth-order valence-electron chi connectivity index (χ4n) is 3.69. The van der Waals surface area contributed by atoms with Gasteiger partial charge >= 0.3 is 6.09 Å². The Morgan fingerprint density at radius 3 is 2.63 bits per heavy atom. The Kier molecular flexibility index (Phi) is 6.21. The van der Waals surface area contributed by atoms with E-state index in [9.17, 15) is 9.59 Å². The third kappa shape index (κ3) is 4.71. The summed E-state index contributed by atoms with van der Waals surface area (Å²) in [5.41, 5.74) is 3.66. The lowest BCUT2D eigenvalue weighted by Gasteiger charge is -2.24. The number of nitrogens with zero attached hydrogens (tertiary/aromatic N) is 3. The highest BCUT2D eigenvalue weighted by molar-refractivity contribution is 5.82. The Morgan fingerprint density at radius 1 is 1.11 bits per heavy atom. The van der Waals surface area contributed by atoms with Gasteiger partial charge in [-0.1, -0.05) is 6.07 Å². The smallest absolute Gasteiger partial charge is 0.410 e. The molecule has 148 valence electrons. The van der Waals surface area contributed by atoms with Gasteiger partial charge in [-0.15, -0.1) is 0 Å². The monoisotopic (exact) mass is 375 g/mol. The summed E-state index contributed by atoms with van der Waals surface area (Å²) in [4.78, 5) is 29.8. The van der Waals surface area contributed by atoms with Crippen molar-refractivity contribution in [2.45, 2.75) is 26.8 Å². The Labute approximate surface area is 160 Å². The summed E-state index contributed by atoms with van der Waals surface area (Å²) in [5, 5.41) is 0. The number of amides is 2. The fraction of sp³-hybridized carbons (Fsp3) is 0.600. The molecule has 3 rings (SSSR count). The lowest BCUT2D eigenvalue weighted by molar-refractivity contribution is -0.131. The van der Waals surface area contributed by atoms with Crippen LogP contribution in [0.5, 0.6) is 5.75 Å². The number of hydrogen-bond acceptors (Lipinski definition) is 5. The van der Waals surface area contributed by atoms with Gasteiger partial charge in [0.25, 0.3) is 0 Å². The molecular formula is C20H29N3O4. The first-order valence-corrected chi connectivity index (χ1v) is 9.54. The van der Waals surface area contributed by atoms with E-state index in [4.69, 9.17) is 9.47 Å². The van der Waals surface area contributed by atoms with Crippen LogP contribution < -0.4 is 4.74 Å². The van der Waals surface area contributed by atoms with Gasteiger partial charge in [-0.05, 0) is 43.0 Å². The number of aryl methyl sites for hydroxylation is 2. The molecule has 2 saturated heterocycles. The SMILES string of the molecule is COc1cc(C)c(CN2CCCN(C(=O)CN3CCOC3=O)CC2)cc1C. The van der Waals surface area contributed by atoms with E-state index in [0.29, 0.717) is 19.7 Å². The molecule has 0 radical (unpaired) electrons.